The number of aromatic nitrogens is 2. The maximum absolute atomic E-state index is 11.6. The zero-order valence-electron chi connectivity index (χ0n) is 16.6. The molecule has 0 saturated heterocycles. The molecule has 0 amide bonds. The molecule has 0 spiro atoms. The Labute approximate surface area is 180 Å². The molecule has 0 saturated carbocycles. The predicted octanol–water partition coefficient (Wildman–Crippen LogP) is 4.36. The van der Waals surface area contributed by atoms with Crippen LogP contribution in [0, 0.1) is 13.5 Å². The van der Waals surface area contributed by atoms with Crippen LogP contribution in [-0.2, 0) is 16.3 Å². The topological polar surface area (TPSA) is 97.7 Å². The first-order chi connectivity index (χ1) is 14.1. The molecule has 2 aromatic carbocycles. The Hall–Kier alpha value is -2.73. The molecule has 0 aliphatic carbocycles. The maximum atomic E-state index is 11.6. The van der Waals surface area contributed by atoms with E-state index < -0.39 is 21.9 Å². The van der Waals surface area contributed by atoms with E-state index in [1.807, 2.05) is 13.0 Å². The molecule has 0 aliphatic heterocycles. The molecule has 0 radical (unpaired) electrons. The number of sulfone groups is 1. The summed E-state index contributed by atoms with van der Waals surface area (Å²) < 4.78 is 29.0. The third-order valence-corrected chi connectivity index (χ3v) is 6.51. The fourth-order valence-corrected chi connectivity index (χ4v) is 3.92. The Morgan fingerprint density at radius 3 is 2.43 bits per heavy atom. The normalized spacial score (nSPS) is 13.6. The van der Waals surface area contributed by atoms with E-state index >= 15 is 0 Å². The third-order valence-electron chi connectivity index (χ3n) is 4.91. The van der Waals surface area contributed by atoms with Crippen molar-refractivity contribution in [1.29, 1.82) is 0 Å². The lowest BCUT2D eigenvalue weighted by molar-refractivity contribution is 0.148. The molecule has 1 heterocycles. The minimum Gasteiger partial charge on any atom is -0.420 e. The molecule has 7 nitrogen and oxygen atoms in total. The number of rotatable bonds is 6. The first kappa shape index (κ1) is 22.0. The van der Waals surface area contributed by atoms with E-state index in [4.69, 9.17) is 22.6 Å². The monoisotopic (exact) mass is 445 g/mol. The zero-order valence-corrected chi connectivity index (χ0v) is 18.2. The third kappa shape index (κ3) is 4.54. The number of hydrogen-bond donors (Lipinski definition) is 1. The van der Waals surface area contributed by atoms with Crippen LogP contribution < -0.4 is 0 Å². The number of aliphatic hydroxyl groups is 1. The van der Waals surface area contributed by atoms with Gasteiger partial charge in [-0.15, -0.1) is 10.2 Å². The van der Waals surface area contributed by atoms with Gasteiger partial charge in [-0.05, 0) is 55.7 Å². The molecule has 0 unspecified atom stereocenters. The second-order valence-corrected chi connectivity index (χ2v) is 9.48. The summed E-state index contributed by atoms with van der Waals surface area (Å²) in [5.41, 5.74) is 2.60. The number of aliphatic hydroxyl groups excluding tert-OH is 1. The van der Waals surface area contributed by atoms with Crippen LogP contribution in [0.15, 0.2) is 45.7 Å². The van der Waals surface area contributed by atoms with Crippen molar-refractivity contribution < 1.29 is 17.9 Å². The highest BCUT2D eigenvalue weighted by Gasteiger charge is 2.26. The molecule has 9 heteroatoms. The van der Waals surface area contributed by atoms with Crippen molar-refractivity contribution in [1.82, 2.24) is 10.2 Å². The fraction of sp³-hybridized carbons (Fsp3) is 0.286. The van der Waals surface area contributed by atoms with Gasteiger partial charge in [0.15, 0.2) is 9.84 Å². The van der Waals surface area contributed by atoms with Crippen LogP contribution in [0.3, 0.4) is 0 Å². The van der Waals surface area contributed by atoms with E-state index in [2.05, 4.69) is 15.0 Å². The second kappa shape index (κ2) is 8.56. The van der Waals surface area contributed by atoms with Crippen molar-refractivity contribution in [3.05, 3.63) is 69.9 Å². The highest BCUT2D eigenvalue weighted by atomic mass is 35.5. The Kier molecular flexibility index (Phi) is 6.27. The van der Waals surface area contributed by atoms with E-state index in [0.29, 0.717) is 22.7 Å². The maximum Gasteiger partial charge on any atom is 0.247 e. The fourth-order valence-electron chi connectivity index (χ4n) is 3.07. The van der Waals surface area contributed by atoms with Crippen molar-refractivity contribution in [3.63, 3.8) is 0 Å². The first-order valence-electron chi connectivity index (χ1n) is 9.09. The molecule has 3 aromatic rings. The summed E-state index contributed by atoms with van der Waals surface area (Å²) in [6.07, 6.45) is 0.763. The Morgan fingerprint density at radius 1 is 1.20 bits per heavy atom. The van der Waals surface area contributed by atoms with Gasteiger partial charge in [-0.3, -0.25) is 0 Å². The molecule has 156 valence electrons. The quantitative estimate of drug-likeness (QED) is 0.566. The minimum absolute atomic E-state index is 0.197. The molecular formula is C21H20ClN3O4S. The number of nitrogens with zero attached hydrogens (tertiary/aromatic N) is 3. The largest absolute Gasteiger partial charge is 0.420 e. The summed E-state index contributed by atoms with van der Waals surface area (Å²) in [6.45, 7) is 10.6. The summed E-state index contributed by atoms with van der Waals surface area (Å²) in [5.74, 6) is 0.0147. The summed E-state index contributed by atoms with van der Waals surface area (Å²) in [5, 5.41) is 18.8. The summed E-state index contributed by atoms with van der Waals surface area (Å²) >= 11 is 6.27. The van der Waals surface area contributed by atoms with Gasteiger partial charge < -0.3 is 9.52 Å². The SMILES string of the molecule is [C-]#[N+]c1ccc(C[C@@H](c2nnc(-c3ccc(S(C)(=O)=O)cc3)o2)[C@@H](C)O)c(C)c1Cl. The number of hydrogen-bond acceptors (Lipinski definition) is 6. The molecule has 30 heavy (non-hydrogen) atoms. The molecule has 1 N–H and O–H groups in total. The highest BCUT2D eigenvalue weighted by molar-refractivity contribution is 7.90. The van der Waals surface area contributed by atoms with Gasteiger partial charge in [0, 0.05) is 11.8 Å². The van der Waals surface area contributed by atoms with Crippen LogP contribution in [0.1, 0.15) is 29.9 Å². The smallest absolute Gasteiger partial charge is 0.247 e. The standard InChI is InChI=1S/C21H20ClN3O4S/c1-12-15(7-10-18(23-3)19(12)22)11-17(13(2)26)21-25-24-20(29-21)14-5-8-16(9-6-14)30(4,27)28/h5-10,13,17,26H,11H2,1-2,4H3/t13-,17-/m1/s1. The summed E-state index contributed by atoms with van der Waals surface area (Å²) in [4.78, 5) is 3.59. The Morgan fingerprint density at radius 2 is 1.87 bits per heavy atom. The molecule has 0 fully saturated rings. The number of benzene rings is 2. The molecule has 3 rings (SSSR count). The first-order valence-corrected chi connectivity index (χ1v) is 11.4. The van der Waals surface area contributed by atoms with Gasteiger partial charge >= 0.3 is 0 Å². The molecule has 2 atom stereocenters. The molecule has 1 aromatic heterocycles. The van der Waals surface area contributed by atoms with Gasteiger partial charge in [0.25, 0.3) is 0 Å². The van der Waals surface area contributed by atoms with Crippen LogP contribution in [-0.4, -0.2) is 36.1 Å². The second-order valence-electron chi connectivity index (χ2n) is 7.09. The van der Waals surface area contributed by atoms with Gasteiger partial charge in [0.1, 0.15) is 0 Å². The van der Waals surface area contributed by atoms with Crippen molar-refractivity contribution in [2.75, 3.05) is 6.26 Å². The van der Waals surface area contributed by atoms with Crippen molar-refractivity contribution in [2.45, 2.75) is 37.2 Å². The van der Waals surface area contributed by atoms with E-state index in [1.54, 1.807) is 25.1 Å². The van der Waals surface area contributed by atoms with Crippen molar-refractivity contribution in [3.8, 4) is 11.5 Å². The van der Waals surface area contributed by atoms with Crippen LogP contribution in [0.4, 0.5) is 5.69 Å². The van der Waals surface area contributed by atoms with E-state index in [9.17, 15) is 13.5 Å². The number of halogens is 1. The van der Waals surface area contributed by atoms with Crippen LogP contribution in [0.2, 0.25) is 5.02 Å². The lowest BCUT2D eigenvalue weighted by Crippen LogP contribution is -2.18. The average molecular weight is 446 g/mol. The van der Waals surface area contributed by atoms with E-state index in [1.165, 1.54) is 12.1 Å². The van der Waals surface area contributed by atoms with Crippen LogP contribution >= 0.6 is 11.6 Å². The van der Waals surface area contributed by atoms with Crippen LogP contribution in [0.5, 0.6) is 0 Å². The van der Waals surface area contributed by atoms with Gasteiger partial charge in [-0.1, -0.05) is 23.7 Å². The van der Waals surface area contributed by atoms with Gasteiger partial charge in [-0.25, -0.2) is 13.3 Å². The Balaban J connectivity index is 1.90. The minimum atomic E-state index is -3.30. The van der Waals surface area contributed by atoms with Gasteiger partial charge in [0.05, 0.1) is 28.5 Å². The molecule has 0 aliphatic rings. The van der Waals surface area contributed by atoms with Gasteiger partial charge in [0.2, 0.25) is 17.5 Å². The summed E-state index contributed by atoms with van der Waals surface area (Å²) in [7, 11) is -3.30. The van der Waals surface area contributed by atoms with E-state index in [-0.39, 0.29) is 16.7 Å². The lowest BCUT2D eigenvalue weighted by atomic mass is 9.92. The molecule has 0 bridgehead atoms. The Bertz CT molecular complexity index is 1210. The van der Waals surface area contributed by atoms with Crippen LogP contribution in [0.25, 0.3) is 16.3 Å². The van der Waals surface area contributed by atoms with Crippen molar-refractivity contribution in [2.24, 2.45) is 0 Å². The van der Waals surface area contributed by atoms with Crippen molar-refractivity contribution >= 4 is 27.1 Å². The molecular weight excluding hydrogens is 426 g/mol. The highest BCUT2D eigenvalue weighted by Crippen LogP contribution is 2.34. The van der Waals surface area contributed by atoms with Gasteiger partial charge in [-0.2, -0.15) is 0 Å². The van der Waals surface area contributed by atoms with E-state index in [0.717, 1.165) is 17.4 Å². The predicted molar refractivity (Wildman–Crippen MR) is 113 cm³/mol. The zero-order chi connectivity index (χ0) is 22.1. The lowest BCUT2D eigenvalue weighted by Gasteiger charge is -2.18. The average Bonchev–Trinajstić information content (AvgIpc) is 3.18. The summed E-state index contributed by atoms with van der Waals surface area (Å²) in [6, 6.07) is 9.61.